The van der Waals surface area contributed by atoms with E-state index in [0.717, 1.165) is 12.0 Å². The highest BCUT2D eigenvalue weighted by molar-refractivity contribution is 7.95. The van der Waals surface area contributed by atoms with Crippen LogP contribution in [0.5, 0.6) is 0 Å². The van der Waals surface area contributed by atoms with Gasteiger partial charge in [0.15, 0.2) is 0 Å². The van der Waals surface area contributed by atoms with Crippen LogP contribution in [0.4, 0.5) is 0 Å². The van der Waals surface area contributed by atoms with Gasteiger partial charge in [-0.2, -0.15) is 0 Å². The molecular formula is C9H10Cl2NO5PS. The predicted octanol–water partition coefficient (Wildman–Crippen LogP) is 2.27. The van der Waals surface area contributed by atoms with E-state index in [9.17, 15) is 9.36 Å². The molecule has 0 aliphatic carbocycles. The summed E-state index contributed by atoms with van der Waals surface area (Å²) in [6, 6.07) is 4.69. The third-order valence-electron chi connectivity index (χ3n) is 1.70. The summed E-state index contributed by atoms with van der Waals surface area (Å²) < 4.78 is 15.3. The van der Waals surface area contributed by atoms with E-state index >= 15 is 0 Å². The van der Waals surface area contributed by atoms with Crippen LogP contribution in [0.1, 0.15) is 0 Å². The number of nitrogens with one attached hydrogen (secondary N) is 1. The molecule has 0 fully saturated rings. The van der Waals surface area contributed by atoms with Crippen LogP contribution in [0, 0.1) is 0 Å². The first-order chi connectivity index (χ1) is 8.78. The molecule has 1 aromatic carbocycles. The fourth-order valence-electron chi connectivity index (χ4n) is 0.965. The second kappa shape index (κ2) is 7.50. The van der Waals surface area contributed by atoms with Gasteiger partial charge in [0, 0.05) is 5.02 Å². The number of benzene rings is 1. The molecule has 10 heteroatoms. The van der Waals surface area contributed by atoms with Gasteiger partial charge in [-0.05, 0) is 18.2 Å². The maximum absolute atomic E-state index is 11.3. The van der Waals surface area contributed by atoms with Crippen LogP contribution < -0.4 is 5.32 Å². The van der Waals surface area contributed by atoms with Gasteiger partial charge in [0.1, 0.15) is 0 Å². The van der Waals surface area contributed by atoms with Crippen LogP contribution in [0.25, 0.3) is 0 Å². The molecule has 6 nitrogen and oxygen atoms in total. The first-order valence-electron chi connectivity index (χ1n) is 4.85. The second-order valence-electron chi connectivity index (χ2n) is 3.36. The Morgan fingerprint density at radius 3 is 2.74 bits per heavy atom. The van der Waals surface area contributed by atoms with Crippen molar-refractivity contribution >= 4 is 48.8 Å². The van der Waals surface area contributed by atoms with Crippen molar-refractivity contribution in [2.45, 2.75) is 4.90 Å². The minimum Gasteiger partial charge on any atom is -0.385 e. The Hall–Kier alpha value is -0.270. The number of hydrogen-bond acceptors (Lipinski definition) is 5. The highest BCUT2D eigenvalue weighted by Gasteiger charge is 2.14. The molecule has 0 bridgehead atoms. The van der Waals surface area contributed by atoms with Gasteiger partial charge in [-0.1, -0.05) is 23.2 Å². The van der Waals surface area contributed by atoms with Crippen molar-refractivity contribution in [1.29, 1.82) is 0 Å². The van der Waals surface area contributed by atoms with Gasteiger partial charge >= 0.3 is 13.6 Å². The summed E-state index contributed by atoms with van der Waals surface area (Å²) in [6.07, 6.45) is -0.593. The minimum atomic E-state index is -4.18. The van der Waals surface area contributed by atoms with Crippen molar-refractivity contribution in [3.8, 4) is 0 Å². The quantitative estimate of drug-likeness (QED) is 0.537. The van der Waals surface area contributed by atoms with Crippen molar-refractivity contribution in [3.63, 3.8) is 0 Å². The van der Waals surface area contributed by atoms with Crippen LogP contribution in [-0.2, 0) is 13.5 Å². The molecule has 0 aliphatic heterocycles. The molecule has 3 N–H and O–H groups in total. The van der Waals surface area contributed by atoms with E-state index in [1.165, 1.54) is 6.07 Å². The topological polar surface area (TPSA) is 95.9 Å². The monoisotopic (exact) mass is 345 g/mol. The molecule has 0 amide bonds. The molecule has 0 aliphatic rings. The van der Waals surface area contributed by atoms with E-state index < -0.39 is 19.9 Å². The van der Waals surface area contributed by atoms with E-state index in [2.05, 4.69) is 5.32 Å². The van der Waals surface area contributed by atoms with Gasteiger partial charge < -0.3 is 14.0 Å². The fourth-order valence-corrected chi connectivity index (χ4v) is 2.38. The van der Waals surface area contributed by atoms with Crippen molar-refractivity contribution < 1.29 is 23.3 Å². The number of halogens is 2. The van der Waals surface area contributed by atoms with E-state index in [0.29, 0.717) is 14.9 Å². The smallest absolute Gasteiger partial charge is 0.339 e. The molecule has 0 radical (unpaired) electrons. The zero-order chi connectivity index (χ0) is 14.5. The molecule has 1 aromatic rings. The third-order valence-corrected chi connectivity index (χ3v) is 3.80. The molecule has 0 saturated carbocycles. The summed E-state index contributed by atoms with van der Waals surface area (Å²) in [5.74, 6) is -0.686. The molecule has 106 valence electrons. The van der Waals surface area contributed by atoms with Crippen LogP contribution in [-0.4, -0.2) is 28.6 Å². The van der Waals surface area contributed by atoms with E-state index in [4.69, 9.17) is 37.2 Å². The number of rotatable bonds is 6. The number of carbonyl (C=O) groups excluding carboxylic acids is 1. The summed E-state index contributed by atoms with van der Waals surface area (Å²) in [5, 5.41) is 3.10. The fraction of sp³-hybridized carbons (Fsp3) is 0.222. The largest absolute Gasteiger partial charge is 0.385 e. The number of carbonyl (C=O) groups is 1. The third kappa shape index (κ3) is 7.17. The standard InChI is InChI=1S/C9H10Cl2NO5PS/c10-6-1-2-7(11)8(3-6)19-17-9(13)4-12-5-18(14,15)16/h1-3,12H,4-5H2,(H2,14,15,16). The van der Waals surface area contributed by atoms with Crippen LogP contribution in [0.2, 0.25) is 10.0 Å². The molecule has 1 rings (SSSR count). The summed E-state index contributed by atoms with van der Waals surface area (Å²) in [5.41, 5.74) is 0. The number of hydrogen-bond donors (Lipinski definition) is 3. The zero-order valence-electron chi connectivity index (χ0n) is 9.38. The van der Waals surface area contributed by atoms with Crippen molar-refractivity contribution in [2.24, 2.45) is 0 Å². The molecule has 0 atom stereocenters. The van der Waals surface area contributed by atoms with Crippen LogP contribution >= 0.6 is 42.8 Å². The normalized spacial score (nSPS) is 11.4. The summed E-state index contributed by atoms with van der Waals surface area (Å²) in [6.45, 7) is -0.323. The summed E-state index contributed by atoms with van der Waals surface area (Å²) in [7, 11) is -4.18. The molecule has 0 aromatic heterocycles. The highest BCUT2D eigenvalue weighted by Crippen LogP contribution is 2.32. The Balaban J connectivity index is 2.38. The maximum atomic E-state index is 11.3. The Kier molecular flexibility index (Phi) is 6.62. The maximum Gasteiger partial charge on any atom is 0.339 e. The Morgan fingerprint density at radius 2 is 2.11 bits per heavy atom. The van der Waals surface area contributed by atoms with Gasteiger partial charge in [-0.3, -0.25) is 9.88 Å². The average molecular weight is 346 g/mol. The molecule has 19 heavy (non-hydrogen) atoms. The molecule has 0 heterocycles. The predicted molar refractivity (Wildman–Crippen MR) is 73.3 cm³/mol. The van der Waals surface area contributed by atoms with Crippen LogP contribution in [0.3, 0.4) is 0 Å². The lowest BCUT2D eigenvalue weighted by molar-refractivity contribution is -0.131. The Labute approximate surface area is 123 Å². The SMILES string of the molecule is O=C(CNCP(=O)(O)O)OSc1cc(Cl)ccc1Cl. The minimum absolute atomic E-state index is 0.323. The first-order valence-corrected chi connectivity index (χ1v) is 8.15. The van der Waals surface area contributed by atoms with E-state index in [-0.39, 0.29) is 6.54 Å². The lowest BCUT2D eigenvalue weighted by atomic mass is 10.4. The van der Waals surface area contributed by atoms with Gasteiger partial charge in [0.2, 0.25) is 0 Å². The zero-order valence-corrected chi connectivity index (χ0v) is 12.6. The summed E-state index contributed by atoms with van der Waals surface area (Å²) >= 11 is 12.3. The molecule has 0 spiro atoms. The lowest BCUT2D eigenvalue weighted by Gasteiger charge is -2.07. The van der Waals surface area contributed by atoms with Gasteiger partial charge in [0.25, 0.3) is 0 Å². The van der Waals surface area contributed by atoms with E-state index in [1.807, 2.05) is 0 Å². The van der Waals surface area contributed by atoms with E-state index in [1.54, 1.807) is 12.1 Å². The summed E-state index contributed by atoms with van der Waals surface area (Å²) in [4.78, 5) is 28.9. The highest BCUT2D eigenvalue weighted by atomic mass is 35.5. The average Bonchev–Trinajstić information content (AvgIpc) is 2.28. The van der Waals surface area contributed by atoms with Gasteiger partial charge in [0.05, 0.1) is 34.8 Å². The van der Waals surface area contributed by atoms with Crippen molar-refractivity contribution in [1.82, 2.24) is 5.32 Å². The van der Waals surface area contributed by atoms with Gasteiger partial charge in [-0.15, -0.1) is 0 Å². The Bertz CT molecular complexity index is 509. The lowest BCUT2D eigenvalue weighted by Crippen LogP contribution is -2.24. The molecule has 0 unspecified atom stereocenters. The second-order valence-corrected chi connectivity index (χ2v) is 6.63. The molecule has 0 saturated heterocycles. The van der Waals surface area contributed by atoms with Gasteiger partial charge in [-0.25, -0.2) is 4.79 Å². The van der Waals surface area contributed by atoms with Crippen LogP contribution in [0.15, 0.2) is 23.1 Å². The molecular weight excluding hydrogens is 336 g/mol. The van der Waals surface area contributed by atoms with Crippen molar-refractivity contribution in [3.05, 3.63) is 28.2 Å². The van der Waals surface area contributed by atoms with Crippen molar-refractivity contribution in [2.75, 3.05) is 12.8 Å². The first kappa shape index (κ1) is 16.8. The Morgan fingerprint density at radius 1 is 1.42 bits per heavy atom.